The lowest BCUT2D eigenvalue weighted by molar-refractivity contribution is -0.147. The molecular weight excluding hydrogens is 532 g/mol. The van der Waals surface area contributed by atoms with Crippen molar-refractivity contribution < 1.29 is 24.2 Å². The van der Waals surface area contributed by atoms with Crippen LogP contribution in [0.3, 0.4) is 0 Å². The zero-order valence-corrected chi connectivity index (χ0v) is 24.8. The van der Waals surface area contributed by atoms with E-state index in [1.54, 1.807) is 17.0 Å². The molecule has 9 heteroatoms. The van der Waals surface area contributed by atoms with Gasteiger partial charge in [-0.25, -0.2) is 0 Å². The first-order valence-electron chi connectivity index (χ1n) is 14.7. The summed E-state index contributed by atoms with van der Waals surface area (Å²) in [6.07, 6.45) is 3.09. The summed E-state index contributed by atoms with van der Waals surface area (Å²) in [5.74, 6) is -0.832. The Bertz CT molecular complexity index is 1480. The zero-order valence-electron chi connectivity index (χ0n) is 24.8. The molecule has 1 unspecified atom stereocenters. The lowest BCUT2D eigenvalue weighted by Crippen LogP contribution is -2.61. The van der Waals surface area contributed by atoms with E-state index in [0.717, 1.165) is 53.8 Å². The lowest BCUT2D eigenvalue weighted by atomic mass is 9.82. The van der Waals surface area contributed by atoms with Crippen LogP contribution in [0.5, 0.6) is 5.75 Å². The maximum Gasteiger partial charge on any atom is 0.246 e. The molecule has 1 aliphatic carbocycles. The molecule has 3 aliphatic heterocycles. The van der Waals surface area contributed by atoms with E-state index < -0.39 is 23.4 Å². The number of carbonyl (C=O) groups is 3. The Balaban J connectivity index is 1.36. The van der Waals surface area contributed by atoms with E-state index in [0.29, 0.717) is 6.42 Å². The van der Waals surface area contributed by atoms with Crippen LogP contribution in [0.25, 0.3) is 0 Å². The van der Waals surface area contributed by atoms with Gasteiger partial charge < -0.3 is 30.3 Å². The Kier molecular flexibility index (Phi) is 6.84. The fourth-order valence-electron chi connectivity index (χ4n) is 6.91. The van der Waals surface area contributed by atoms with E-state index in [2.05, 4.69) is 34.2 Å². The summed E-state index contributed by atoms with van der Waals surface area (Å²) in [4.78, 5) is 44.9. The third-order valence-electron chi connectivity index (χ3n) is 9.35. The minimum atomic E-state index is -0.884. The molecular formula is C33H40N4O5. The minimum absolute atomic E-state index is 0.125. The van der Waals surface area contributed by atoms with Crippen molar-refractivity contribution in [3.05, 3.63) is 76.5 Å². The molecule has 42 heavy (non-hydrogen) atoms. The van der Waals surface area contributed by atoms with Gasteiger partial charge in [-0.1, -0.05) is 51.6 Å². The summed E-state index contributed by atoms with van der Waals surface area (Å²) in [6.45, 7) is 10.6. The van der Waals surface area contributed by atoms with Crippen molar-refractivity contribution in [2.24, 2.45) is 5.41 Å². The van der Waals surface area contributed by atoms with E-state index in [-0.39, 0.29) is 42.3 Å². The number of hydrogen-bond acceptors (Lipinski definition) is 6. The first kappa shape index (κ1) is 28.3. The van der Waals surface area contributed by atoms with Crippen LogP contribution in [0.4, 0.5) is 0 Å². The second-order valence-corrected chi connectivity index (χ2v) is 13.2. The van der Waals surface area contributed by atoms with Crippen LogP contribution in [0, 0.1) is 5.41 Å². The number of carbonyl (C=O) groups excluding carboxylic acids is 3. The van der Waals surface area contributed by atoms with Gasteiger partial charge in [-0.2, -0.15) is 0 Å². The topological polar surface area (TPSA) is 111 Å². The van der Waals surface area contributed by atoms with Crippen molar-refractivity contribution in [1.82, 2.24) is 20.4 Å². The fraction of sp³-hybridized carbons (Fsp3) is 0.485. The molecule has 6 rings (SSSR count). The van der Waals surface area contributed by atoms with Crippen LogP contribution < -0.4 is 10.6 Å². The van der Waals surface area contributed by atoms with Crippen molar-refractivity contribution >= 4 is 17.7 Å². The average Bonchev–Trinajstić information content (AvgIpc) is 3.84. The predicted molar refractivity (Wildman–Crippen MR) is 157 cm³/mol. The maximum atomic E-state index is 14.3. The number of benzene rings is 2. The van der Waals surface area contributed by atoms with Crippen LogP contribution in [0.15, 0.2) is 48.7 Å². The molecule has 9 nitrogen and oxygen atoms in total. The van der Waals surface area contributed by atoms with Gasteiger partial charge in [0.25, 0.3) is 0 Å². The molecule has 3 amide bonds. The van der Waals surface area contributed by atoms with E-state index in [9.17, 15) is 19.5 Å². The van der Waals surface area contributed by atoms with Crippen molar-refractivity contribution in [2.45, 2.75) is 76.7 Å². The molecule has 0 radical (unpaired) electrons. The highest BCUT2D eigenvalue weighted by Gasteiger charge is 2.73. The number of nitrogens with one attached hydrogen (secondary N) is 2. The van der Waals surface area contributed by atoms with Gasteiger partial charge in [-0.15, -0.1) is 0 Å². The van der Waals surface area contributed by atoms with E-state index in [4.69, 9.17) is 4.74 Å². The molecule has 3 heterocycles. The second kappa shape index (κ2) is 10.2. The number of phenolic OH excluding ortho intramolecular Hbond substituents is 1. The highest BCUT2D eigenvalue weighted by Crippen LogP contribution is 2.68. The minimum Gasteiger partial charge on any atom is -0.508 e. The van der Waals surface area contributed by atoms with E-state index in [1.165, 1.54) is 12.7 Å². The average molecular weight is 573 g/mol. The van der Waals surface area contributed by atoms with Crippen LogP contribution in [-0.4, -0.2) is 65.0 Å². The van der Waals surface area contributed by atoms with Gasteiger partial charge >= 0.3 is 0 Å². The van der Waals surface area contributed by atoms with Gasteiger partial charge in [0.2, 0.25) is 17.7 Å². The first-order valence-corrected chi connectivity index (χ1v) is 14.7. The number of aromatic hydroxyl groups is 1. The van der Waals surface area contributed by atoms with Gasteiger partial charge in [0.1, 0.15) is 30.0 Å². The van der Waals surface area contributed by atoms with Crippen molar-refractivity contribution in [1.29, 1.82) is 0 Å². The molecule has 0 spiro atoms. The molecule has 0 bridgehead atoms. The Morgan fingerprint density at radius 2 is 1.93 bits per heavy atom. The van der Waals surface area contributed by atoms with Crippen LogP contribution in [0.2, 0.25) is 0 Å². The molecule has 2 saturated heterocycles. The van der Waals surface area contributed by atoms with Gasteiger partial charge in [0, 0.05) is 25.8 Å². The third kappa shape index (κ3) is 4.73. The number of hydrogen-bond donors (Lipinski definition) is 3. The molecule has 3 N–H and O–H groups in total. The number of amides is 3. The number of phenols is 1. The Hall–Kier alpha value is -3.85. The zero-order chi connectivity index (χ0) is 30.0. The number of aryl methyl sites for hydroxylation is 1. The summed E-state index contributed by atoms with van der Waals surface area (Å²) < 4.78 is 5.00. The lowest BCUT2D eigenvalue weighted by Gasteiger charge is -2.42. The Morgan fingerprint density at radius 1 is 1.19 bits per heavy atom. The van der Waals surface area contributed by atoms with Crippen LogP contribution in [-0.2, 0) is 44.0 Å². The van der Waals surface area contributed by atoms with Gasteiger partial charge in [-0.05, 0) is 64.6 Å². The third-order valence-corrected chi connectivity index (χ3v) is 9.35. The highest BCUT2D eigenvalue weighted by atomic mass is 16.5. The van der Waals surface area contributed by atoms with Crippen molar-refractivity contribution in [3.8, 4) is 5.75 Å². The first-order chi connectivity index (χ1) is 20.0. The van der Waals surface area contributed by atoms with Crippen LogP contribution >= 0.6 is 0 Å². The van der Waals surface area contributed by atoms with Crippen molar-refractivity contribution in [3.63, 3.8) is 0 Å². The molecule has 4 atom stereocenters. The standard InChI is InChI=1S/C33H40N4O5/c1-19-33(18-37(19)33)25-14-22(38)13-21-16-36(31(41)29(32(2,3)4)35-28(39)17-42-5)27(15-24(21)25)30(40)34-26-12-8-10-20-9-6-7-11-23(20)26/h6-7,9,11,13-14,26-27,29,38H,1,8,10,12,15-18H2,2-5H3,(H,34,40)(H,35,39)/t26-,27+,29-,33?,37?/m1/s1. The second-order valence-electron chi connectivity index (χ2n) is 13.2. The van der Waals surface area contributed by atoms with Gasteiger partial charge in [-0.3, -0.25) is 14.4 Å². The smallest absolute Gasteiger partial charge is 0.246 e. The SMILES string of the molecule is C=C1N2CC12c1cc(O)cc2c1C[C@@H](C(=O)N[C@@H]1CCCc3ccccc31)N(C(=O)[C@@H](NC(=O)COC)C(C)(C)C)C2. The molecule has 2 fully saturated rings. The van der Waals surface area contributed by atoms with Gasteiger partial charge in [0.15, 0.2) is 0 Å². The van der Waals surface area contributed by atoms with Crippen molar-refractivity contribution in [2.75, 3.05) is 20.3 Å². The molecule has 0 aromatic heterocycles. The van der Waals surface area contributed by atoms with E-state index >= 15 is 0 Å². The summed E-state index contributed by atoms with van der Waals surface area (Å²) in [5, 5.41) is 16.8. The normalized spacial score (nSPS) is 24.6. The maximum absolute atomic E-state index is 14.3. The molecule has 4 aliphatic rings. The molecule has 222 valence electrons. The number of rotatable bonds is 7. The molecule has 2 aromatic rings. The highest BCUT2D eigenvalue weighted by molar-refractivity contribution is 5.93. The summed E-state index contributed by atoms with van der Waals surface area (Å²) in [7, 11) is 1.43. The number of nitrogens with zero attached hydrogens (tertiary/aromatic N) is 2. The summed E-state index contributed by atoms with van der Waals surface area (Å²) in [5.41, 5.74) is 5.24. The van der Waals surface area contributed by atoms with Crippen LogP contribution in [0.1, 0.15) is 67.5 Å². The summed E-state index contributed by atoms with van der Waals surface area (Å²) in [6, 6.07) is 9.86. The monoisotopic (exact) mass is 572 g/mol. The van der Waals surface area contributed by atoms with Gasteiger partial charge in [0.05, 0.1) is 12.6 Å². The molecule has 0 saturated carbocycles. The Labute approximate surface area is 246 Å². The molecule has 2 aromatic carbocycles. The number of fused-ring (bicyclic) bond motifs is 3. The van der Waals surface area contributed by atoms with E-state index in [1.807, 2.05) is 32.9 Å². The summed E-state index contributed by atoms with van der Waals surface area (Å²) >= 11 is 0. The fourth-order valence-corrected chi connectivity index (χ4v) is 6.91. The quantitative estimate of drug-likeness (QED) is 0.440. The Morgan fingerprint density at radius 3 is 2.60 bits per heavy atom. The number of ether oxygens (including phenoxy) is 1. The predicted octanol–water partition coefficient (Wildman–Crippen LogP) is 3.05. The largest absolute Gasteiger partial charge is 0.508 e. The number of methoxy groups -OCH3 is 1.